The second kappa shape index (κ2) is 5.10. The Kier molecular flexibility index (Phi) is 3.30. The second-order valence-corrected chi connectivity index (χ2v) is 5.01. The smallest absolute Gasteiger partial charge is 0.126 e. The Morgan fingerprint density at radius 1 is 1.05 bits per heavy atom. The number of fused-ring (bicyclic) bond motifs is 1. The number of hydrogen-bond acceptors (Lipinski definition) is 1. The fourth-order valence-corrected chi connectivity index (χ4v) is 2.78. The Bertz CT molecular complexity index is 575. The molecule has 1 N–H and O–H groups in total. The van der Waals surface area contributed by atoms with Crippen LogP contribution in [-0.4, -0.2) is 6.54 Å². The lowest BCUT2D eigenvalue weighted by atomic mass is 9.86. The quantitative estimate of drug-likeness (QED) is 0.871. The third kappa shape index (κ3) is 2.66. The fraction of sp³-hybridized carbons (Fsp3) is 0.250. The molecule has 0 radical (unpaired) electrons. The SMILES string of the molecule is Fc1cc(F)cc(CC2CNCc3ccccc32)c1. The molecule has 0 bridgehead atoms. The molecule has 0 saturated heterocycles. The van der Waals surface area contributed by atoms with Crippen LogP contribution >= 0.6 is 0 Å². The molecule has 0 fully saturated rings. The molecule has 0 spiro atoms. The third-order valence-electron chi connectivity index (χ3n) is 3.61. The average Bonchev–Trinajstić information content (AvgIpc) is 2.38. The second-order valence-electron chi connectivity index (χ2n) is 5.01. The van der Waals surface area contributed by atoms with Crippen molar-refractivity contribution in [3.05, 3.63) is 70.8 Å². The van der Waals surface area contributed by atoms with Crippen molar-refractivity contribution in [3.63, 3.8) is 0 Å². The lowest BCUT2D eigenvalue weighted by Gasteiger charge is -2.26. The molecule has 2 aromatic carbocycles. The lowest BCUT2D eigenvalue weighted by molar-refractivity contribution is 0.532. The van der Waals surface area contributed by atoms with Crippen LogP contribution in [0.1, 0.15) is 22.6 Å². The minimum absolute atomic E-state index is 0.270. The van der Waals surface area contributed by atoms with E-state index in [1.807, 2.05) is 12.1 Å². The summed E-state index contributed by atoms with van der Waals surface area (Å²) in [7, 11) is 0. The lowest BCUT2D eigenvalue weighted by Crippen LogP contribution is -2.29. The van der Waals surface area contributed by atoms with Gasteiger partial charge in [-0.1, -0.05) is 24.3 Å². The van der Waals surface area contributed by atoms with Crippen LogP contribution < -0.4 is 5.32 Å². The first kappa shape index (κ1) is 12.3. The van der Waals surface area contributed by atoms with Crippen molar-refractivity contribution < 1.29 is 8.78 Å². The molecule has 0 saturated carbocycles. The van der Waals surface area contributed by atoms with E-state index < -0.39 is 11.6 Å². The first-order valence-electron chi connectivity index (χ1n) is 6.46. The van der Waals surface area contributed by atoms with Gasteiger partial charge in [0.25, 0.3) is 0 Å². The molecular formula is C16H15F2N. The Balaban J connectivity index is 1.88. The van der Waals surface area contributed by atoms with Crippen LogP contribution in [0.4, 0.5) is 8.78 Å². The monoisotopic (exact) mass is 259 g/mol. The first-order valence-corrected chi connectivity index (χ1v) is 6.46. The van der Waals surface area contributed by atoms with E-state index in [-0.39, 0.29) is 5.92 Å². The maximum atomic E-state index is 13.2. The van der Waals surface area contributed by atoms with E-state index in [1.165, 1.54) is 23.3 Å². The van der Waals surface area contributed by atoms with Gasteiger partial charge in [-0.05, 0) is 35.2 Å². The normalized spacial score (nSPS) is 18.1. The van der Waals surface area contributed by atoms with Crippen molar-refractivity contribution in [3.8, 4) is 0 Å². The van der Waals surface area contributed by atoms with Crippen LogP contribution in [0.5, 0.6) is 0 Å². The molecule has 1 unspecified atom stereocenters. The van der Waals surface area contributed by atoms with Gasteiger partial charge in [-0.15, -0.1) is 0 Å². The highest BCUT2D eigenvalue weighted by molar-refractivity contribution is 5.34. The van der Waals surface area contributed by atoms with E-state index in [0.29, 0.717) is 12.0 Å². The third-order valence-corrected chi connectivity index (χ3v) is 3.61. The van der Waals surface area contributed by atoms with Gasteiger partial charge in [-0.3, -0.25) is 0 Å². The van der Waals surface area contributed by atoms with Crippen LogP contribution in [0, 0.1) is 11.6 Å². The zero-order chi connectivity index (χ0) is 13.2. The Morgan fingerprint density at radius 2 is 1.79 bits per heavy atom. The number of halogens is 2. The van der Waals surface area contributed by atoms with Gasteiger partial charge in [0.1, 0.15) is 11.6 Å². The molecule has 98 valence electrons. The zero-order valence-electron chi connectivity index (χ0n) is 10.5. The van der Waals surface area contributed by atoms with E-state index >= 15 is 0 Å². The predicted octanol–water partition coefficient (Wildman–Crippen LogP) is 3.39. The molecule has 1 aliphatic rings. The van der Waals surface area contributed by atoms with Crippen molar-refractivity contribution in [1.82, 2.24) is 5.32 Å². The van der Waals surface area contributed by atoms with Gasteiger partial charge in [0.15, 0.2) is 0 Å². The van der Waals surface area contributed by atoms with Crippen molar-refractivity contribution >= 4 is 0 Å². The molecule has 0 aliphatic carbocycles. The summed E-state index contributed by atoms with van der Waals surface area (Å²) >= 11 is 0. The molecule has 1 nitrogen and oxygen atoms in total. The highest BCUT2D eigenvalue weighted by Gasteiger charge is 2.20. The van der Waals surface area contributed by atoms with Crippen LogP contribution in [-0.2, 0) is 13.0 Å². The van der Waals surface area contributed by atoms with Gasteiger partial charge >= 0.3 is 0 Å². The van der Waals surface area contributed by atoms with Gasteiger partial charge in [0.2, 0.25) is 0 Å². The molecule has 3 heteroatoms. The topological polar surface area (TPSA) is 12.0 Å². The van der Waals surface area contributed by atoms with E-state index in [9.17, 15) is 8.78 Å². The Hall–Kier alpha value is -1.74. The predicted molar refractivity (Wildman–Crippen MR) is 71.0 cm³/mol. The molecule has 0 aromatic heterocycles. The van der Waals surface area contributed by atoms with Crippen molar-refractivity contribution in [2.45, 2.75) is 18.9 Å². The maximum Gasteiger partial charge on any atom is 0.126 e. The molecule has 19 heavy (non-hydrogen) atoms. The van der Waals surface area contributed by atoms with Crippen molar-refractivity contribution in [2.24, 2.45) is 0 Å². The number of benzene rings is 2. The van der Waals surface area contributed by atoms with E-state index in [1.54, 1.807) is 0 Å². The molecule has 1 aliphatic heterocycles. The summed E-state index contributed by atoms with van der Waals surface area (Å²) in [5.74, 6) is -0.745. The molecular weight excluding hydrogens is 244 g/mol. The highest BCUT2D eigenvalue weighted by atomic mass is 19.1. The Morgan fingerprint density at radius 3 is 2.58 bits per heavy atom. The van der Waals surface area contributed by atoms with Crippen molar-refractivity contribution in [2.75, 3.05) is 6.54 Å². The summed E-state index contributed by atoms with van der Waals surface area (Å²) in [4.78, 5) is 0. The standard InChI is InChI=1S/C16H15F2N/c17-14-6-11(7-15(18)8-14)5-13-10-19-9-12-3-1-2-4-16(12)13/h1-4,6-8,13,19H,5,9-10H2. The van der Waals surface area contributed by atoms with Gasteiger partial charge in [-0.25, -0.2) is 8.78 Å². The Labute approximate surface area is 111 Å². The van der Waals surface area contributed by atoms with E-state index in [0.717, 1.165) is 19.2 Å². The summed E-state index contributed by atoms with van der Waals surface area (Å²) in [5, 5.41) is 3.35. The summed E-state index contributed by atoms with van der Waals surface area (Å²) in [6, 6.07) is 12.0. The highest BCUT2D eigenvalue weighted by Crippen LogP contribution is 2.27. The van der Waals surface area contributed by atoms with Gasteiger partial charge in [0.05, 0.1) is 0 Å². The minimum Gasteiger partial charge on any atom is -0.312 e. The molecule has 1 atom stereocenters. The molecule has 3 rings (SSSR count). The summed E-state index contributed by atoms with van der Waals surface area (Å²) < 4.78 is 26.4. The zero-order valence-corrected chi connectivity index (χ0v) is 10.5. The summed E-state index contributed by atoms with van der Waals surface area (Å²) in [6.07, 6.45) is 0.651. The van der Waals surface area contributed by atoms with Gasteiger partial charge < -0.3 is 5.32 Å². The summed E-state index contributed by atoms with van der Waals surface area (Å²) in [6.45, 7) is 1.71. The van der Waals surface area contributed by atoms with E-state index in [2.05, 4.69) is 17.4 Å². The van der Waals surface area contributed by atoms with Gasteiger partial charge in [0, 0.05) is 25.1 Å². The maximum absolute atomic E-state index is 13.2. The molecule has 1 heterocycles. The molecule has 2 aromatic rings. The number of rotatable bonds is 2. The minimum atomic E-state index is -0.507. The average molecular weight is 259 g/mol. The van der Waals surface area contributed by atoms with Crippen LogP contribution in [0.3, 0.4) is 0 Å². The van der Waals surface area contributed by atoms with Crippen LogP contribution in [0.15, 0.2) is 42.5 Å². The molecule has 0 amide bonds. The van der Waals surface area contributed by atoms with Crippen LogP contribution in [0.2, 0.25) is 0 Å². The number of hydrogen-bond donors (Lipinski definition) is 1. The van der Waals surface area contributed by atoms with E-state index in [4.69, 9.17) is 0 Å². The first-order chi connectivity index (χ1) is 9.22. The number of nitrogens with one attached hydrogen (secondary N) is 1. The van der Waals surface area contributed by atoms with Crippen molar-refractivity contribution in [1.29, 1.82) is 0 Å². The van der Waals surface area contributed by atoms with Crippen LogP contribution in [0.25, 0.3) is 0 Å². The fourth-order valence-electron chi connectivity index (χ4n) is 2.78. The summed E-state index contributed by atoms with van der Waals surface area (Å²) in [5.41, 5.74) is 3.27. The largest absolute Gasteiger partial charge is 0.312 e. The van der Waals surface area contributed by atoms with Gasteiger partial charge in [-0.2, -0.15) is 0 Å².